The maximum atomic E-state index is 10.9. The second-order valence-corrected chi connectivity index (χ2v) is 3.49. The molecule has 2 rings (SSSR count). The Hall–Kier alpha value is -2.10. The summed E-state index contributed by atoms with van der Waals surface area (Å²) in [4.78, 5) is 15.0. The van der Waals surface area contributed by atoms with Crippen molar-refractivity contribution in [3.63, 3.8) is 0 Å². The molecule has 0 spiro atoms. The van der Waals surface area contributed by atoms with Gasteiger partial charge in [0, 0.05) is 17.8 Å². The summed E-state index contributed by atoms with van der Waals surface area (Å²) in [6.45, 7) is 0. The molecule has 4 nitrogen and oxygen atoms in total. The predicted molar refractivity (Wildman–Crippen MR) is 61.2 cm³/mol. The zero-order valence-corrected chi connectivity index (χ0v) is 8.93. The molecule has 0 radical (unpaired) electrons. The summed E-state index contributed by atoms with van der Waals surface area (Å²) < 4.78 is 5.23. The lowest BCUT2D eigenvalue weighted by atomic mass is 10.0. The minimum absolute atomic E-state index is 0.227. The highest BCUT2D eigenvalue weighted by Crippen LogP contribution is 2.27. The van der Waals surface area contributed by atoms with E-state index in [2.05, 4.69) is 4.98 Å². The van der Waals surface area contributed by atoms with Crippen LogP contribution in [0.2, 0.25) is 0 Å². The smallest absolute Gasteiger partial charge is 0.221 e. The fourth-order valence-electron chi connectivity index (χ4n) is 1.75. The number of ether oxygens (including phenoxy) is 1. The summed E-state index contributed by atoms with van der Waals surface area (Å²) in [7, 11) is 1.61. The van der Waals surface area contributed by atoms with Crippen molar-refractivity contribution < 1.29 is 9.53 Å². The number of hydrogen-bond donors (Lipinski definition) is 1. The molecule has 1 amide bonds. The van der Waals surface area contributed by atoms with Crippen LogP contribution in [0.15, 0.2) is 30.6 Å². The number of nitrogens with zero attached hydrogens (tertiary/aromatic N) is 1. The van der Waals surface area contributed by atoms with Crippen LogP contribution < -0.4 is 10.5 Å². The molecule has 16 heavy (non-hydrogen) atoms. The highest BCUT2D eigenvalue weighted by atomic mass is 16.5. The molecule has 0 saturated carbocycles. The number of fused-ring (bicyclic) bond motifs is 1. The number of aromatic nitrogens is 1. The van der Waals surface area contributed by atoms with Crippen molar-refractivity contribution in [2.45, 2.75) is 6.42 Å². The van der Waals surface area contributed by atoms with Crippen molar-refractivity contribution in [1.82, 2.24) is 4.98 Å². The molecular weight excluding hydrogens is 204 g/mol. The molecule has 0 aliphatic carbocycles. The summed E-state index contributed by atoms with van der Waals surface area (Å²) in [6, 6.07) is 5.53. The van der Waals surface area contributed by atoms with E-state index >= 15 is 0 Å². The first-order valence-corrected chi connectivity index (χ1v) is 4.90. The number of nitrogens with two attached hydrogens (primary N) is 1. The van der Waals surface area contributed by atoms with Crippen LogP contribution in [-0.4, -0.2) is 18.0 Å². The topological polar surface area (TPSA) is 65.2 Å². The van der Waals surface area contributed by atoms with Crippen LogP contribution in [0, 0.1) is 0 Å². The van der Waals surface area contributed by atoms with Gasteiger partial charge in [-0.05, 0) is 23.1 Å². The molecule has 0 aliphatic heterocycles. The van der Waals surface area contributed by atoms with Crippen LogP contribution in [0.5, 0.6) is 5.75 Å². The van der Waals surface area contributed by atoms with E-state index in [4.69, 9.17) is 10.5 Å². The Morgan fingerprint density at radius 1 is 1.38 bits per heavy atom. The SMILES string of the molecule is COc1ccc(CC(N)=O)c2ccncc12. The Labute approximate surface area is 93.0 Å². The molecule has 0 aliphatic rings. The number of methoxy groups -OCH3 is 1. The third-order valence-corrected chi connectivity index (χ3v) is 2.45. The first kappa shape index (κ1) is 10.4. The fourth-order valence-corrected chi connectivity index (χ4v) is 1.75. The van der Waals surface area contributed by atoms with E-state index in [1.807, 2.05) is 18.2 Å². The average Bonchev–Trinajstić information content (AvgIpc) is 2.29. The van der Waals surface area contributed by atoms with Gasteiger partial charge in [-0.1, -0.05) is 6.07 Å². The molecule has 2 aromatic rings. The lowest BCUT2D eigenvalue weighted by Gasteiger charge is -2.08. The molecule has 0 saturated heterocycles. The summed E-state index contributed by atoms with van der Waals surface area (Å²) in [5.41, 5.74) is 6.09. The molecular formula is C12H12N2O2. The van der Waals surface area contributed by atoms with Crippen LogP contribution >= 0.6 is 0 Å². The van der Waals surface area contributed by atoms with Crippen molar-refractivity contribution in [3.8, 4) is 5.75 Å². The first-order valence-electron chi connectivity index (χ1n) is 4.90. The van der Waals surface area contributed by atoms with Crippen LogP contribution in [0.4, 0.5) is 0 Å². The third kappa shape index (κ3) is 1.82. The maximum Gasteiger partial charge on any atom is 0.221 e. The van der Waals surface area contributed by atoms with Gasteiger partial charge in [0.15, 0.2) is 0 Å². The number of carbonyl (C=O) groups is 1. The number of amides is 1. The number of rotatable bonds is 3. The minimum Gasteiger partial charge on any atom is -0.496 e. The van der Waals surface area contributed by atoms with Crippen molar-refractivity contribution in [1.29, 1.82) is 0 Å². The second-order valence-electron chi connectivity index (χ2n) is 3.49. The molecule has 0 atom stereocenters. The van der Waals surface area contributed by atoms with E-state index in [-0.39, 0.29) is 12.3 Å². The molecule has 4 heteroatoms. The molecule has 0 fully saturated rings. The van der Waals surface area contributed by atoms with Gasteiger partial charge in [0.1, 0.15) is 5.75 Å². The van der Waals surface area contributed by atoms with Crippen LogP contribution in [0.25, 0.3) is 10.8 Å². The molecule has 1 heterocycles. The van der Waals surface area contributed by atoms with E-state index in [0.29, 0.717) is 0 Å². The van der Waals surface area contributed by atoms with Gasteiger partial charge >= 0.3 is 0 Å². The van der Waals surface area contributed by atoms with Gasteiger partial charge in [-0.2, -0.15) is 0 Å². The summed E-state index contributed by atoms with van der Waals surface area (Å²) >= 11 is 0. The van der Waals surface area contributed by atoms with Gasteiger partial charge in [-0.25, -0.2) is 0 Å². The standard InChI is InChI=1S/C12H12N2O2/c1-16-11-3-2-8(6-12(13)15)9-4-5-14-7-10(9)11/h2-5,7H,6H2,1H3,(H2,13,15). The van der Waals surface area contributed by atoms with Gasteiger partial charge < -0.3 is 10.5 Å². The zero-order valence-electron chi connectivity index (χ0n) is 8.93. The number of primary amides is 1. The van der Waals surface area contributed by atoms with Crippen LogP contribution in [-0.2, 0) is 11.2 Å². The minimum atomic E-state index is -0.344. The third-order valence-electron chi connectivity index (χ3n) is 2.45. The maximum absolute atomic E-state index is 10.9. The Kier molecular flexibility index (Phi) is 2.72. The predicted octanol–water partition coefficient (Wildman–Crippen LogP) is 1.27. The summed E-state index contributed by atoms with van der Waals surface area (Å²) in [6.07, 6.45) is 3.63. The highest BCUT2D eigenvalue weighted by Gasteiger charge is 2.07. The van der Waals surface area contributed by atoms with Crippen LogP contribution in [0.3, 0.4) is 0 Å². The van der Waals surface area contributed by atoms with E-state index < -0.39 is 0 Å². The van der Waals surface area contributed by atoms with Crippen molar-refractivity contribution in [2.24, 2.45) is 5.73 Å². The van der Waals surface area contributed by atoms with E-state index in [0.717, 1.165) is 22.1 Å². The molecule has 0 bridgehead atoms. The Morgan fingerprint density at radius 2 is 2.19 bits per heavy atom. The van der Waals surface area contributed by atoms with Crippen molar-refractivity contribution >= 4 is 16.7 Å². The molecule has 1 aromatic carbocycles. The Balaban J connectivity index is 2.64. The monoisotopic (exact) mass is 216 g/mol. The largest absolute Gasteiger partial charge is 0.496 e. The number of hydrogen-bond acceptors (Lipinski definition) is 3. The Morgan fingerprint density at radius 3 is 2.88 bits per heavy atom. The highest BCUT2D eigenvalue weighted by molar-refractivity contribution is 5.93. The number of carbonyl (C=O) groups excluding carboxylic acids is 1. The molecule has 2 N–H and O–H groups in total. The Bertz CT molecular complexity index is 538. The fraction of sp³-hybridized carbons (Fsp3) is 0.167. The lowest BCUT2D eigenvalue weighted by Crippen LogP contribution is -2.13. The molecule has 82 valence electrons. The normalized spacial score (nSPS) is 10.3. The van der Waals surface area contributed by atoms with Crippen molar-refractivity contribution in [3.05, 3.63) is 36.2 Å². The van der Waals surface area contributed by atoms with Gasteiger partial charge in [-0.3, -0.25) is 9.78 Å². The zero-order chi connectivity index (χ0) is 11.5. The van der Waals surface area contributed by atoms with Gasteiger partial charge in [0.25, 0.3) is 0 Å². The molecule has 0 unspecified atom stereocenters. The van der Waals surface area contributed by atoms with E-state index in [1.54, 1.807) is 19.5 Å². The number of benzene rings is 1. The second kappa shape index (κ2) is 4.18. The lowest BCUT2D eigenvalue weighted by molar-refractivity contribution is -0.117. The van der Waals surface area contributed by atoms with Crippen LogP contribution in [0.1, 0.15) is 5.56 Å². The first-order chi connectivity index (χ1) is 7.72. The van der Waals surface area contributed by atoms with E-state index in [1.165, 1.54) is 0 Å². The summed E-state index contributed by atoms with van der Waals surface area (Å²) in [5.74, 6) is 0.402. The van der Waals surface area contributed by atoms with Gasteiger partial charge in [0.05, 0.1) is 13.5 Å². The van der Waals surface area contributed by atoms with Gasteiger partial charge in [-0.15, -0.1) is 0 Å². The quantitative estimate of drug-likeness (QED) is 0.840. The van der Waals surface area contributed by atoms with Gasteiger partial charge in [0.2, 0.25) is 5.91 Å². The van der Waals surface area contributed by atoms with Crippen molar-refractivity contribution in [2.75, 3.05) is 7.11 Å². The molecule has 1 aromatic heterocycles. The average molecular weight is 216 g/mol. The summed E-state index contributed by atoms with van der Waals surface area (Å²) in [5, 5.41) is 1.84. The van der Waals surface area contributed by atoms with E-state index in [9.17, 15) is 4.79 Å². The number of pyridine rings is 1.